The summed E-state index contributed by atoms with van der Waals surface area (Å²) >= 11 is 0. The van der Waals surface area contributed by atoms with Crippen molar-refractivity contribution in [1.82, 2.24) is 0 Å². The molecule has 0 amide bonds. The lowest BCUT2D eigenvalue weighted by Crippen LogP contribution is -2.01. The highest BCUT2D eigenvalue weighted by Crippen LogP contribution is 2.08. The van der Waals surface area contributed by atoms with Crippen LogP contribution in [-0.4, -0.2) is 13.2 Å². The van der Waals surface area contributed by atoms with Crippen LogP contribution in [0.5, 0.6) is 0 Å². The average Bonchev–Trinajstić information content (AvgIpc) is 2.07. The fourth-order valence-electron chi connectivity index (χ4n) is 1.02. The molecule has 1 heteroatoms. The summed E-state index contributed by atoms with van der Waals surface area (Å²) in [5.74, 6) is 0. The predicted molar refractivity (Wildman–Crippen MR) is 56.6 cm³/mol. The largest absolute Gasteiger partial charge is 0.377 e. The molecule has 0 spiro atoms. The molecule has 0 N–H and O–H groups in total. The fourth-order valence-corrected chi connectivity index (χ4v) is 1.02. The zero-order chi connectivity index (χ0) is 9.52. The van der Waals surface area contributed by atoms with Crippen LogP contribution in [0.25, 0.3) is 0 Å². The molecule has 0 aliphatic heterocycles. The molecule has 0 radical (unpaired) electrons. The number of hydrogen-bond donors (Lipinski definition) is 0. The van der Waals surface area contributed by atoms with Crippen LogP contribution in [-0.2, 0) is 4.74 Å². The Balaban J connectivity index is 1.89. The van der Waals surface area contributed by atoms with Crippen LogP contribution >= 0.6 is 0 Å². The van der Waals surface area contributed by atoms with E-state index in [1.54, 1.807) is 6.08 Å². The molecule has 13 heavy (non-hydrogen) atoms. The van der Waals surface area contributed by atoms with Crippen molar-refractivity contribution < 1.29 is 4.74 Å². The summed E-state index contributed by atoms with van der Waals surface area (Å²) in [4.78, 5) is 0. The zero-order valence-electron chi connectivity index (χ0n) is 7.96. The number of hydrogen-bond acceptors (Lipinski definition) is 1. The second-order valence-corrected chi connectivity index (χ2v) is 3.12. The molecule has 0 heterocycles. The molecule has 1 aliphatic rings. The lowest BCUT2D eigenvalue weighted by atomic mass is 10.1. The molecule has 0 bridgehead atoms. The first-order valence-corrected chi connectivity index (χ1v) is 4.58. The molecule has 0 atom stereocenters. The third kappa shape index (κ3) is 3.90. The Morgan fingerprint density at radius 3 is 2.85 bits per heavy atom. The van der Waals surface area contributed by atoms with Crippen LogP contribution in [0, 0.1) is 0 Å². The maximum Gasteiger partial charge on any atom is 0.0716 e. The third-order valence-corrected chi connectivity index (χ3v) is 1.96. The van der Waals surface area contributed by atoms with Crippen molar-refractivity contribution in [3.8, 4) is 0 Å². The van der Waals surface area contributed by atoms with Gasteiger partial charge < -0.3 is 4.74 Å². The van der Waals surface area contributed by atoms with Gasteiger partial charge in [-0.25, -0.2) is 0 Å². The highest BCUT2D eigenvalue weighted by molar-refractivity contribution is 5.35. The second kappa shape index (κ2) is 5.55. The summed E-state index contributed by atoms with van der Waals surface area (Å²) in [5, 5.41) is 0. The molecular formula is C12H16O. The van der Waals surface area contributed by atoms with E-state index in [0.29, 0.717) is 0 Å². The van der Waals surface area contributed by atoms with E-state index in [4.69, 9.17) is 4.74 Å². The van der Waals surface area contributed by atoms with Gasteiger partial charge in [0.2, 0.25) is 0 Å². The smallest absolute Gasteiger partial charge is 0.0716 e. The lowest BCUT2D eigenvalue weighted by molar-refractivity contribution is 0.155. The summed E-state index contributed by atoms with van der Waals surface area (Å²) in [6, 6.07) is 0. The molecule has 0 saturated carbocycles. The van der Waals surface area contributed by atoms with E-state index < -0.39 is 0 Å². The lowest BCUT2D eigenvalue weighted by Gasteiger charge is -2.08. The van der Waals surface area contributed by atoms with Gasteiger partial charge in [0.15, 0.2) is 0 Å². The van der Waals surface area contributed by atoms with Gasteiger partial charge in [-0.3, -0.25) is 0 Å². The molecule has 70 valence electrons. The Hall–Kier alpha value is -1.08. The molecule has 1 rings (SSSR count). The van der Waals surface area contributed by atoms with Gasteiger partial charge in [0.1, 0.15) is 0 Å². The van der Waals surface area contributed by atoms with Gasteiger partial charge in [0, 0.05) is 6.61 Å². The highest BCUT2D eigenvalue weighted by Gasteiger charge is 1.97. The van der Waals surface area contributed by atoms with Crippen molar-refractivity contribution >= 4 is 0 Å². The second-order valence-electron chi connectivity index (χ2n) is 3.12. The van der Waals surface area contributed by atoms with Gasteiger partial charge in [0.05, 0.1) is 6.61 Å². The number of rotatable bonds is 7. The summed E-state index contributed by atoms with van der Waals surface area (Å²) in [7, 11) is 0. The minimum absolute atomic E-state index is 0.747. The Morgan fingerprint density at radius 2 is 2.31 bits per heavy atom. The van der Waals surface area contributed by atoms with E-state index in [2.05, 4.69) is 25.3 Å². The van der Waals surface area contributed by atoms with Crippen LogP contribution in [0.15, 0.2) is 48.6 Å². The van der Waals surface area contributed by atoms with Crippen molar-refractivity contribution in [2.45, 2.75) is 12.8 Å². The molecule has 0 saturated heterocycles. The van der Waals surface area contributed by atoms with Crippen LogP contribution < -0.4 is 0 Å². The molecule has 1 nitrogen and oxygen atoms in total. The maximum absolute atomic E-state index is 5.44. The quantitative estimate of drug-likeness (QED) is 0.428. The van der Waals surface area contributed by atoms with Crippen LogP contribution in [0.4, 0.5) is 0 Å². The molecular weight excluding hydrogens is 160 g/mol. The molecule has 0 aromatic rings. The van der Waals surface area contributed by atoms with Crippen molar-refractivity contribution in [3.05, 3.63) is 48.6 Å². The van der Waals surface area contributed by atoms with Gasteiger partial charge >= 0.3 is 0 Å². The van der Waals surface area contributed by atoms with E-state index >= 15 is 0 Å². The van der Waals surface area contributed by atoms with Crippen molar-refractivity contribution in [2.24, 2.45) is 0 Å². The van der Waals surface area contributed by atoms with Crippen LogP contribution in [0.1, 0.15) is 12.8 Å². The van der Waals surface area contributed by atoms with E-state index in [-0.39, 0.29) is 0 Å². The number of allylic oxidation sites excluding steroid dienone is 4. The van der Waals surface area contributed by atoms with Crippen molar-refractivity contribution in [3.63, 3.8) is 0 Å². The Bertz CT molecular complexity index is 240. The maximum atomic E-state index is 5.44. The molecule has 0 fully saturated rings. The minimum Gasteiger partial charge on any atom is -0.377 e. The zero-order valence-corrected chi connectivity index (χ0v) is 7.96. The normalized spacial score (nSPS) is 13.4. The first-order chi connectivity index (χ1) is 6.33. The first kappa shape index (κ1) is 10.0. The molecule has 0 unspecified atom stereocenters. The van der Waals surface area contributed by atoms with E-state index in [1.807, 2.05) is 6.08 Å². The van der Waals surface area contributed by atoms with Crippen molar-refractivity contribution in [2.75, 3.05) is 13.2 Å². The van der Waals surface area contributed by atoms with Gasteiger partial charge in [0.25, 0.3) is 0 Å². The Labute approximate surface area is 80.1 Å². The number of ether oxygens (including phenoxy) is 1. The van der Waals surface area contributed by atoms with Crippen molar-refractivity contribution in [1.29, 1.82) is 0 Å². The summed E-state index contributed by atoms with van der Waals surface area (Å²) in [5.41, 5.74) is 2.37. The Morgan fingerprint density at radius 1 is 1.54 bits per heavy atom. The topological polar surface area (TPSA) is 9.23 Å². The Kier molecular flexibility index (Phi) is 4.27. The predicted octanol–water partition coefficient (Wildman–Crippen LogP) is 3.02. The van der Waals surface area contributed by atoms with Crippen LogP contribution in [0.3, 0.4) is 0 Å². The standard InChI is InChI=1S/C12H16O/c1-3-11(2)6-5-9-13-10-12-7-4-8-12/h3-4,7-8H,1-2,5-6,9-10H2. The highest BCUT2D eigenvalue weighted by atomic mass is 16.5. The average molecular weight is 176 g/mol. The molecule has 0 aromatic heterocycles. The monoisotopic (exact) mass is 176 g/mol. The van der Waals surface area contributed by atoms with Gasteiger partial charge in [-0.15, -0.1) is 0 Å². The summed E-state index contributed by atoms with van der Waals surface area (Å²) < 4.78 is 5.44. The van der Waals surface area contributed by atoms with Crippen LogP contribution in [0.2, 0.25) is 0 Å². The van der Waals surface area contributed by atoms with E-state index in [0.717, 1.165) is 31.6 Å². The fraction of sp³-hybridized carbons (Fsp3) is 0.333. The minimum atomic E-state index is 0.747. The first-order valence-electron chi connectivity index (χ1n) is 4.58. The third-order valence-electron chi connectivity index (χ3n) is 1.96. The summed E-state index contributed by atoms with van der Waals surface area (Å²) in [6.45, 7) is 9.04. The molecule has 0 aromatic carbocycles. The van der Waals surface area contributed by atoms with Gasteiger partial charge in [-0.1, -0.05) is 43.0 Å². The van der Waals surface area contributed by atoms with Gasteiger partial charge in [-0.2, -0.15) is 0 Å². The SMILES string of the molecule is C=CC(=C)CCCOCC1=CC=C1. The summed E-state index contributed by atoms with van der Waals surface area (Å²) in [6.07, 6.45) is 9.99. The molecule has 1 aliphatic carbocycles. The van der Waals surface area contributed by atoms with E-state index in [9.17, 15) is 0 Å². The van der Waals surface area contributed by atoms with Gasteiger partial charge in [-0.05, 0) is 18.4 Å². The van der Waals surface area contributed by atoms with E-state index in [1.165, 1.54) is 5.57 Å².